The summed E-state index contributed by atoms with van der Waals surface area (Å²) in [6.45, 7) is 3.92. The highest BCUT2D eigenvalue weighted by atomic mass is 35.5. The molecule has 2 aromatic rings. The van der Waals surface area contributed by atoms with Crippen LogP contribution in [0.15, 0.2) is 42.5 Å². The third kappa shape index (κ3) is 5.73. The number of carbonyl (C=O) groups excluding carboxylic acids is 2. The molecule has 8 nitrogen and oxygen atoms in total. The van der Waals surface area contributed by atoms with Crippen LogP contribution in [0.2, 0.25) is 5.02 Å². The third-order valence-electron chi connectivity index (χ3n) is 5.19. The fourth-order valence-corrected chi connectivity index (χ4v) is 3.84. The molecule has 2 aromatic carbocycles. The van der Waals surface area contributed by atoms with Gasteiger partial charge in [-0.1, -0.05) is 31.0 Å². The zero-order valence-corrected chi connectivity index (χ0v) is 18.0. The number of hydrogen-bond donors (Lipinski definition) is 2. The van der Waals surface area contributed by atoms with Crippen LogP contribution in [0, 0.1) is 10.1 Å². The molecule has 9 heteroatoms. The van der Waals surface area contributed by atoms with Gasteiger partial charge in [0.15, 0.2) is 0 Å². The number of nitro benzene ring substituents is 1. The topological polar surface area (TPSA) is 105 Å². The zero-order chi connectivity index (χ0) is 22.4. The van der Waals surface area contributed by atoms with Crippen LogP contribution in [-0.2, 0) is 4.79 Å². The van der Waals surface area contributed by atoms with E-state index < -0.39 is 16.9 Å². The van der Waals surface area contributed by atoms with Crippen molar-refractivity contribution < 1.29 is 14.5 Å². The number of halogens is 1. The van der Waals surface area contributed by atoms with Crippen LogP contribution in [0.3, 0.4) is 0 Å². The fraction of sp³-hybridized carbons (Fsp3) is 0.364. The molecule has 2 N–H and O–H groups in total. The van der Waals surface area contributed by atoms with Crippen LogP contribution >= 0.6 is 11.6 Å². The molecule has 1 aliphatic rings. The van der Waals surface area contributed by atoms with Crippen molar-refractivity contribution in [1.29, 1.82) is 0 Å². The van der Waals surface area contributed by atoms with Crippen molar-refractivity contribution in [3.05, 3.63) is 63.2 Å². The van der Waals surface area contributed by atoms with E-state index in [1.807, 2.05) is 31.2 Å². The Balaban J connectivity index is 1.70. The second kappa shape index (κ2) is 10.3. The summed E-state index contributed by atoms with van der Waals surface area (Å²) in [6, 6.07) is 10.5. The highest BCUT2D eigenvalue weighted by molar-refractivity contribution is 6.34. The van der Waals surface area contributed by atoms with Crippen molar-refractivity contribution in [2.45, 2.75) is 38.6 Å². The molecule has 1 aliphatic heterocycles. The van der Waals surface area contributed by atoms with Gasteiger partial charge in [0.25, 0.3) is 11.6 Å². The lowest BCUT2D eigenvalue weighted by atomic mass is 10.1. The summed E-state index contributed by atoms with van der Waals surface area (Å²) in [5, 5.41) is 16.4. The van der Waals surface area contributed by atoms with Gasteiger partial charge in [-0.25, -0.2) is 0 Å². The minimum Gasteiger partial charge on any atom is -0.371 e. The zero-order valence-electron chi connectivity index (χ0n) is 17.3. The molecule has 0 spiro atoms. The predicted octanol–water partition coefficient (Wildman–Crippen LogP) is 4.39. The summed E-state index contributed by atoms with van der Waals surface area (Å²) < 4.78 is 0. The number of anilines is 2. The SMILES string of the molecule is CCCC(NC(=O)c1ccc([N+](=O)[O-])cc1Cl)C(=O)Nc1cccc(N2CCCC2)c1. The number of carbonyl (C=O) groups is 2. The summed E-state index contributed by atoms with van der Waals surface area (Å²) in [4.78, 5) is 38.1. The molecule has 1 heterocycles. The van der Waals surface area contributed by atoms with E-state index in [2.05, 4.69) is 15.5 Å². The summed E-state index contributed by atoms with van der Waals surface area (Å²) in [7, 11) is 0. The molecule has 0 bridgehead atoms. The van der Waals surface area contributed by atoms with E-state index in [4.69, 9.17) is 11.6 Å². The highest BCUT2D eigenvalue weighted by Gasteiger charge is 2.23. The average molecular weight is 445 g/mol. The lowest BCUT2D eigenvalue weighted by Crippen LogP contribution is -2.43. The van der Waals surface area contributed by atoms with Crippen molar-refractivity contribution in [2.24, 2.45) is 0 Å². The molecule has 3 rings (SSSR count). The molecular weight excluding hydrogens is 420 g/mol. The minimum atomic E-state index is -0.765. The van der Waals surface area contributed by atoms with Gasteiger partial charge in [-0.2, -0.15) is 0 Å². The molecule has 1 atom stereocenters. The molecule has 0 aromatic heterocycles. The Morgan fingerprint density at radius 2 is 1.94 bits per heavy atom. The van der Waals surface area contributed by atoms with Gasteiger partial charge >= 0.3 is 0 Å². The fourth-order valence-electron chi connectivity index (χ4n) is 3.58. The van der Waals surface area contributed by atoms with Gasteiger partial charge in [-0.15, -0.1) is 0 Å². The van der Waals surface area contributed by atoms with Gasteiger partial charge in [0.2, 0.25) is 5.91 Å². The first-order valence-electron chi connectivity index (χ1n) is 10.3. The van der Waals surface area contributed by atoms with Crippen LogP contribution in [0.1, 0.15) is 43.0 Å². The maximum atomic E-state index is 12.9. The van der Waals surface area contributed by atoms with Crippen molar-refractivity contribution in [1.82, 2.24) is 5.32 Å². The number of nitrogens with one attached hydrogen (secondary N) is 2. The van der Waals surface area contributed by atoms with Crippen molar-refractivity contribution in [3.8, 4) is 0 Å². The van der Waals surface area contributed by atoms with E-state index in [-0.39, 0.29) is 22.2 Å². The standard InChI is InChI=1S/C22H25ClN4O4/c1-2-6-20(25-21(28)18-10-9-17(27(30)31)14-19(18)23)22(29)24-15-7-5-8-16(13-15)26-11-3-4-12-26/h5,7-10,13-14,20H,2-4,6,11-12H2,1H3,(H,24,29)(H,25,28). The van der Waals surface area contributed by atoms with Gasteiger partial charge in [-0.05, 0) is 43.5 Å². The van der Waals surface area contributed by atoms with E-state index in [0.717, 1.165) is 37.7 Å². The maximum Gasteiger partial charge on any atom is 0.270 e. The van der Waals surface area contributed by atoms with Gasteiger partial charge < -0.3 is 15.5 Å². The second-order valence-electron chi connectivity index (χ2n) is 7.47. The van der Waals surface area contributed by atoms with Crippen LogP contribution in [-0.4, -0.2) is 35.9 Å². The largest absolute Gasteiger partial charge is 0.371 e. The number of nitrogens with zero attached hydrogens (tertiary/aromatic N) is 2. The first kappa shape index (κ1) is 22.6. The predicted molar refractivity (Wildman–Crippen MR) is 121 cm³/mol. The lowest BCUT2D eigenvalue weighted by Gasteiger charge is -2.20. The van der Waals surface area contributed by atoms with E-state index in [1.165, 1.54) is 12.1 Å². The molecule has 2 amide bonds. The highest BCUT2D eigenvalue weighted by Crippen LogP contribution is 2.24. The van der Waals surface area contributed by atoms with Gasteiger partial charge in [0.05, 0.1) is 15.5 Å². The van der Waals surface area contributed by atoms with Crippen LogP contribution in [0.25, 0.3) is 0 Å². The third-order valence-corrected chi connectivity index (χ3v) is 5.50. The first-order valence-corrected chi connectivity index (χ1v) is 10.7. The summed E-state index contributed by atoms with van der Waals surface area (Å²) in [5.74, 6) is -0.883. The molecule has 1 unspecified atom stereocenters. The number of hydrogen-bond acceptors (Lipinski definition) is 5. The normalized spacial score (nSPS) is 14.2. The molecule has 0 saturated carbocycles. The minimum absolute atomic E-state index is 0.0410. The van der Waals surface area contributed by atoms with E-state index >= 15 is 0 Å². The van der Waals surface area contributed by atoms with E-state index in [1.54, 1.807) is 0 Å². The Labute approximate surface area is 185 Å². The monoisotopic (exact) mass is 444 g/mol. The van der Waals surface area contributed by atoms with Gasteiger partial charge in [0, 0.05) is 36.6 Å². The Bertz CT molecular complexity index is 976. The maximum absolute atomic E-state index is 12.9. The lowest BCUT2D eigenvalue weighted by molar-refractivity contribution is -0.384. The number of rotatable bonds is 8. The Morgan fingerprint density at radius 3 is 2.58 bits per heavy atom. The van der Waals surface area contributed by atoms with Crippen LogP contribution in [0.4, 0.5) is 17.1 Å². The van der Waals surface area contributed by atoms with Crippen molar-refractivity contribution in [3.63, 3.8) is 0 Å². The van der Waals surface area contributed by atoms with Crippen LogP contribution in [0.5, 0.6) is 0 Å². The Hall–Kier alpha value is -3.13. The Kier molecular flexibility index (Phi) is 7.46. The first-order chi connectivity index (χ1) is 14.9. The van der Waals surface area contributed by atoms with Crippen LogP contribution < -0.4 is 15.5 Å². The number of benzene rings is 2. The molecule has 31 heavy (non-hydrogen) atoms. The van der Waals surface area contributed by atoms with Crippen molar-refractivity contribution >= 4 is 40.5 Å². The smallest absolute Gasteiger partial charge is 0.270 e. The second-order valence-corrected chi connectivity index (χ2v) is 7.88. The van der Waals surface area contributed by atoms with E-state index in [9.17, 15) is 19.7 Å². The molecular formula is C22H25ClN4O4. The Morgan fingerprint density at radius 1 is 1.19 bits per heavy atom. The quantitative estimate of drug-likeness (QED) is 0.464. The summed E-state index contributed by atoms with van der Waals surface area (Å²) in [5.41, 5.74) is 1.60. The summed E-state index contributed by atoms with van der Waals surface area (Å²) >= 11 is 6.05. The average Bonchev–Trinajstić information content (AvgIpc) is 3.28. The number of non-ortho nitro benzene ring substituents is 1. The van der Waals surface area contributed by atoms with Gasteiger partial charge in [-0.3, -0.25) is 19.7 Å². The molecule has 0 radical (unpaired) electrons. The number of nitro groups is 1. The molecule has 0 aliphatic carbocycles. The molecule has 1 saturated heterocycles. The van der Waals surface area contributed by atoms with Crippen molar-refractivity contribution in [2.75, 3.05) is 23.3 Å². The molecule has 164 valence electrons. The van der Waals surface area contributed by atoms with E-state index in [0.29, 0.717) is 18.5 Å². The molecule has 1 fully saturated rings. The number of amides is 2. The summed E-state index contributed by atoms with van der Waals surface area (Å²) in [6.07, 6.45) is 3.44. The van der Waals surface area contributed by atoms with Gasteiger partial charge in [0.1, 0.15) is 6.04 Å².